The fourth-order valence-electron chi connectivity index (χ4n) is 2.17. The normalized spacial score (nSPS) is 20.4. The summed E-state index contributed by atoms with van der Waals surface area (Å²) in [5, 5.41) is 11.5. The predicted molar refractivity (Wildman–Crippen MR) is 62.2 cm³/mol. The van der Waals surface area contributed by atoms with Crippen LogP contribution in [0, 0.1) is 0 Å². The molecular formula is C11H14N6. The van der Waals surface area contributed by atoms with Crippen molar-refractivity contribution in [2.45, 2.75) is 18.9 Å². The van der Waals surface area contributed by atoms with E-state index >= 15 is 0 Å². The van der Waals surface area contributed by atoms with Crippen LogP contribution < -0.4 is 5.32 Å². The number of hydrogen-bond acceptors (Lipinski definition) is 5. The van der Waals surface area contributed by atoms with E-state index in [9.17, 15) is 0 Å². The lowest BCUT2D eigenvalue weighted by Gasteiger charge is -2.23. The third kappa shape index (κ3) is 2.03. The first kappa shape index (κ1) is 10.3. The summed E-state index contributed by atoms with van der Waals surface area (Å²) in [5.41, 5.74) is 1.76. The van der Waals surface area contributed by atoms with Gasteiger partial charge < -0.3 is 5.32 Å². The maximum absolute atomic E-state index is 4.29. The summed E-state index contributed by atoms with van der Waals surface area (Å²) in [7, 11) is 0. The molecular weight excluding hydrogens is 216 g/mol. The fraction of sp³-hybridized carbons (Fsp3) is 0.455. The molecule has 1 saturated heterocycles. The number of aromatic nitrogens is 5. The third-order valence-corrected chi connectivity index (χ3v) is 3.02. The molecule has 0 bridgehead atoms. The second-order valence-electron chi connectivity index (χ2n) is 4.15. The molecule has 1 N–H and O–H groups in total. The summed E-state index contributed by atoms with van der Waals surface area (Å²) < 4.78 is 1.95. The van der Waals surface area contributed by atoms with Gasteiger partial charge in [-0.25, -0.2) is 4.68 Å². The second-order valence-corrected chi connectivity index (χ2v) is 4.15. The van der Waals surface area contributed by atoms with E-state index in [0.29, 0.717) is 6.04 Å². The highest BCUT2D eigenvalue weighted by Gasteiger charge is 2.19. The molecule has 6 nitrogen and oxygen atoms in total. The van der Waals surface area contributed by atoms with Gasteiger partial charge in [-0.2, -0.15) is 0 Å². The molecule has 3 rings (SSSR count). The van der Waals surface area contributed by atoms with Crippen molar-refractivity contribution in [3.05, 3.63) is 24.8 Å². The van der Waals surface area contributed by atoms with Gasteiger partial charge in [0.15, 0.2) is 0 Å². The Bertz CT molecular complexity index is 474. The third-order valence-electron chi connectivity index (χ3n) is 3.02. The molecule has 1 unspecified atom stereocenters. The van der Waals surface area contributed by atoms with Crippen LogP contribution in [0.3, 0.4) is 0 Å². The van der Waals surface area contributed by atoms with Gasteiger partial charge in [0.25, 0.3) is 0 Å². The van der Waals surface area contributed by atoms with Crippen LogP contribution in [0.5, 0.6) is 0 Å². The highest BCUT2D eigenvalue weighted by atomic mass is 15.4. The fourth-order valence-corrected chi connectivity index (χ4v) is 2.17. The summed E-state index contributed by atoms with van der Waals surface area (Å²) in [6, 6.07) is 0.364. The minimum absolute atomic E-state index is 0.364. The van der Waals surface area contributed by atoms with E-state index in [-0.39, 0.29) is 0 Å². The average Bonchev–Trinajstić information content (AvgIpc) is 2.90. The molecule has 0 saturated carbocycles. The Morgan fingerprint density at radius 3 is 3.06 bits per heavy atom. The number of hydrogen-bond donors (Lipinski definition) is 1. The maximum atomic E-state index is 4.29. The zero-order chi connectivity index (χ0) is 11.5. The van der Waals surface area contributed by atoms with Gasteiger partial charge in [0, 0.05) is 18.9 Å². The zero-order valence-electron chi connectivity index (χ0n) is 9.45. The van der Waals surface area contributed by atoms with Crippen molar-refractivity contribution >= 4 is 0 Å². The Hall–Kier alpha value is -1.82. The van der Waals surface area contributed by atoms with Crippen LogP contribution in [0.4, 0.5) is 0 Å². The topological polar surface area (TPSA) is 68.5 Å². The Morgan fingerprint density at radius 2 is 2.29 bits per heavy atom. The van der Waals surface area contributed by atoms with Gasteiger partial charge in [0.1, 0.15) is 11.4 Å². The van der Waals surface area contributed by atoms with E-state index in [0.717, 1.165) is 30.9 Å². The summed E-state index contributed by atoms with van der Waals surface area (Å²) in [6.07, 6.45) is 9.14. The number of rotatable bonds is 2. The van der Waals surface area contributed by atoms with Crippen molar-refractivity contribution in [2.75, 3.05) is 13.1 Å². The standard InChI is InChI=1S/C11H14N6/c1-2-9(6-12-3-1)17-11(8-15-16-17)10-7-13-4-5-14-10/h4-5,7-9,12H,1-3,6H2. The summed E-state index contributed by atoms with van der Waals surface area (Å²) in [5.74, 6) is 0. The molecule has 0 aliphatic carbocycles. The molecule has 17 heavy (non-hydrogen) atoms. The van der Waals surface area contributed by atoms with E-state index in [1.54, 1.807) is 24.8 Å². The van der Waals surface area contributed by atoms with Gasteiger partial charge >= 0.3 is 0 Å². The SMILES string of the molecule is c1cnc(-c2cnnn2C2CCCNC2)cn1. The number of nitrogens with zero attached hydrogens (tertiary/aromatic N) is 5. The van der Waals surface area contributed by atoms with Crippen LogP contribution in [0.25, 0.3) is 11.4 Å². The predicted octanol–water partition coefficient (Wildman–Crippen LogP) is 0.660. The number of piperidine rings is 1. The highest BCUT2D eigenvalue weighted by molar-refractivity contribution is 5.51. The first-order valence-electron chi connectivity index (χ1n) is 5.82. The van der Waals surface area contributed by atoms with E-state index in [1.165, 1.54) is 6.42 Å². The lowest BCUT2D eigenvalue weighted by molar-refractivity contribution is 0.343. The molecule has 0 aromatic carbocycles. The molecule has 2 aromatic rings. The van der Waals surface area contributed by atoms with Gasteiger partial charge in [-0.3, -0.25) is 9.97 Å². The molecule has 0 amide bonds. The van der Waals surface area contributed by atoms with Crippen LogP contribution in [0.2, 0.25) is 0 Å². The quantitative estimate of drug-likeness (QED) is 0.820. The Morgan fingerprint density at radius 1 is 1.29 bits per heavy atom. The zero-order valence-corrected chi connectivity index (χ0v) is 9.45. The van der Waals surface area contributed by atoms with Crippen LogP contribution in [-0.2, 0) is 0 Å². The summed E-state index contributed by atoms with van der Waals surface area (Å²) in [6.45, 7) is 2.03. The van der Waals surface area contributed by atoms with Gasteiger partial charge in [-0.05, 0) is 19.4 Å². The molecule has 3 heterocycles. The van der Waals surface area contributed by atoms with Crippen LogP contribution in [-0.4, -0.2) is 38.1 Å². The average molecular weight is 230 g/mol. The van der Waals surface area contributed by atoms with E-state index in [2.05, 4.69) is 25.6 Å². The molecule has 88 valence electrons. The van der Waals surface area contributed by atoms with Gasteiger partial charge in [-0.1, -0.05) is 5.21 Å². The van der Waals surface area contributed by atoms with Crippen molar-refractivity contribution in [1.82, 2.24) is 30.3 Å². The van der Waals surface area contributed by atoms with Crippen molar-refractivity contribution in [2.24, 2.45) is 0 Å². The van der Waals surface area contributed by atoms with Gasteiger partial charge in [0.2, 0.25) is 0 Å². The monoisotopic (exact) mass is 230 g/mol. The summed E-state index contributed by atoms with van der Waals surface area (Å²) in [4.78, 5) is 8.37. The van der Waals surface area contributed by atoms with Crippen molar-refractivity contribution in [1.29, 1.82) is 0 Å². The minimum Gasteiger partial charge on any atom is -0.315 e. The molecule has 0 spiro atoms. The molecule has 1 fully saturated rings. The van der Waals surface area contributed by atoms with Crippen LogP contribution >= 0.6 is 0 Å². The molecule has 0 radical (unpaired) electrons. The highest BCUT2D eigenvalue weighted by Crippen LogP contribution is 2.22. The smallest absolute Gasteiger partial charge is 0.109 e. The molecule has 2 aromatic heterocycles. The molecule has 1 aliphatic rings. The minimum atomic E-state index is 0.364. The Balaban J connectivity index is 1.93. The largest absolute Gasteiger partial charge is 0.315 e. The lowest BCUT2D eigenvalue weighted by atomic mass is 10.1. The molecule has 1 aliphatic heterocycles. The van der Waals surface area contributed by atoms with Crippen molar-refractivity contribution in [3.8, 4) is 11.4 Å². The second kappa shape index (κ2) is 4.58. The summed E-state index contributed by atoms with van der Waals surface area (Å²) >= 11 is 0. The lowest BCUT2D eigenvalue weighted by Crippen LogP contribution is -2.32. The molecule has 1 atom stereocenters. The Labute approximate surface area is 99.1 Å². The number of nitrogens with one attached hydrogen (secondary N) is 1. The van der Waals surface area contributed by atoms with E-state index < -0.39 is 0 Å². The van der Waals surface area contributed by atoms with Gasteiger partial charge in [0.05, 0.1) is 18.4 Å². The maximum Gasteiger partial charge on any atom is 0.109 e. The van der Waals surface area contributed by atoms with Crippen molar-refractivity contribution < 1.29 is 0 Å². The van der Waals surface area contributed by atoms with E-state index in [1.807, 2.05) is 4.68 Å². The van der Waals surface area contributed by atoms with E-state index in [4.69, 9.17) is 0 Å². The molecule has 6 heteroatoms. The first-order valence-corrected chi connectivity index (χ1v) is 5.82. The van der Waals surface area contributed by atoms with Crippen LogP contribution in [0.15, 0.2) is 24.8 Å². The van der Waals surface area contributed by atoms with Crippen molar-refractivity contribution in [3.63, 3.8) is 0 Å². The van der Waals surface area contributed by atoms with Gasteiger partial charge in [-0.15, -0.1) is 5.10 Å². The van der Waals surface area contributed by atoms with Crippen LogP contribution in [0.1, 0.15) is 18.9 Å². The Kier molecular flexibility index (Phi) is 2.79. The first-order chi connectivity index (χ1) is 8.45.